The summed E-state index contributed by atoms with van der Waals surface area (Å²) in [6.07, 6.45) is 0. The minimum atomic E-state index is -0.129. The zero-order valence-corrected chi connectivity index (χ0v) is 13.2. The largest absolute Gasteiger partial charge is 0.491 e. The van der Waals surface area contributed by atoms with Crippen LogP contribution in [-0.2, 0) is 0 Å². The molecule has 1 amide bonds. The number of anilines is 1. The molecule has 0 aliphatic heterocycles. The van der Waals surface area contributed by atoms with Crippen LogP contribution < -0.4 is 15.8 Å². The van der Waals surface area contributed by atoms with Crippen LogP contribution in [-0.4, -0.2) is 18.6 Å². The summed E-state index contributed by atoms with van der Waals surface area (Å²) in [4.78, 5) is 12.3. The lowest BCUT2D eigenvalue weighted by molar-refractivity contribution is 0.102. The Hall–Kier alpha value is -2.33. The molecule has 3 N–H and O–H groups in total. The van der Waals surface area contributed by atoms with E-state index in [0.717, 1.165) is 22.6 Å². The second-order valence-corrected chi connectivity index (χ2v) is 5.55. The van der Waals surface area contributed by atoms with Gasteiger partial charge in [0, 0.05) is 17.3 Å². The van der Waals surface area contributed by atoms with Crippen molar-refractivity contribution in [3.05, 3.63) is 59.2 Å². The van der Waals surface area contributed by atoms with Crippen molar-refractivity contribution >= 4 is 11.6 Å². The molecule has 0 saturated carbocycles. The van der Waals surface area contributed by atoms with Crippen LogP contribution in [0, 0.1) is 13.8 Å². The molecule has 4 nitrogen and oxygen atoms in total. The lowest BCUT2D eigenvalue weighted by atomic mass is 10.0. The number of hydrogen-bond donors (Lipinski definition) is 2. The first-order valence-corrected chi connectivity index (χ1v) is 7.33. The van der Waals surface area contributed by atoms with E-state index >= 15 is 0 Å². The van der Waals surface area contributed by atoms with Crippen LogP contribution in [0.1, 0.15) is 28.4 Å². The first-order chi connectivity index (χ1) is 10.5. The first kappa shape index (κ1) is 16.0. The fourth-order valence-electron chi connectivity index (χ4n) is 2.25. The highest BCUT2D eigenvalue weighted by atomic mass is 16.5. The zero-order valence-electron chi connectivity index (χ0n) is 13.2. The lowest BCUT2D eigenvalue weighted by Crippen LogP contribution is -2.24. The van der Waals surface area contributed by atoms with E-state index in [2.05, 4.69) is 5.32 Å². The van der Waals surface area contributed by atoms with Crippen LogP contribution in [0.15, 0.2) is 42.5 Å². The molecule has 0 bridgehead atoms. The zero-order chi connectivity index (χ0) is 16.1. The second kappa shape index (κ2) is 7.09. The predicted octanol–water partition coefficient (Wildman–Crippen LogP) is 3.28. The van der Waals surface area contributed by atoms with E-state index in [1.54, 1.807) is 0 Å². The van der Waals surface area contributed by atoms with Crippen LogP contribution in [0.5, 0.6) is 5.75 Å². The molecule has 0 aromatic heterocycles. The molecule has 2 rings (SSSR count). The molecule has 0 aliphatic rings. The van der Waals surface area contributed by atoms with Gasteiger partial charge in [0.25, 0.3) is 5.91 Å². The van der Waals surface area contributed by atoms with Crippen molar-refractivity contribution in [2.45, 2.75) is 26.8 Å². The van der Waals surface area contributed by atoms with E-state index < -0.39 is 0 Å². The predicted molar refractivity (Wildman–Crippen MR) is 89.5 cm³/mol. The Kier molecular flexibility index (Phi) is 5.17. The van der Waals surface area contributed by atoms with Crippen LogP contribution >= 0.6 is 0 Å². The fraction of sp³-hybridized carbons (Fsp3) is 0.278. The van der Waals surface area contributed by atoms with Gasteiger partial charge in [0.1, 0.15) is 12.4 Å². The number of rotatable bonds is 5. The Balaban J connectivity index is 2.17. The molecule has 2 aromatic rings. The molecular weight excluding hydrogens is 276 g/mol. The highest BCUT2D eigenvalue weighted by molar-refractivity contribution is 6.04. The maximum atomic E-state index is 12.3. The van der Waals surface area contributed by atoms with Crippen molar-refractivity contribution in [1.29, 1.82) is 0 Å². The standard InChI is InChI=1S/C18H22N2O2/c1-12-9-15(10-13(2)17(12)22-11-14(3)19)18(21)20-16-7-5-4-6-8-16/h4-10,14H,11,19H2,1-3H3,(H,20,21). The Bertz CT molecular complexity index is 628. The van der Waals surface area contributed by atoms with E-state index in [1.807, 2.05) is 63.2 Å². The van der Waals surface area contributed by atoms with Gasteiger partial charge in [0.15, 0.2) is 0 Å². The Morgan fingerprint density at radius 3 is 2.32 bits per heavy atom. The van der Waals surface area contributed by atoms with E-state index in [9.17, 15) is 4.79 Å². The minimum absolute atomic E-state index is 0.0279. The van der Waals surface area contributed by atoms with Gasteiger partial charge in [0.2, 0.25) is 0 Å². The summed E-state index contributed by atoms with van der Waals surface area (Å²) >= 11 is 0. The van der Waals surface area contributed by atoms with Gasteiger partial charge in [-0.1, -0.05) is 18.2 Å². The quantitative estimate of drug-likeness (QED) is 0.890. The Morgan fingerprint density at radius 2 is 1.77 bits per heavy atom. The number of nitrogens with two attached hydrogens (primary N) is 1. The Labute approximate surface area is 131 Å². The molecule has 1 atom stereocenters. The molecule has 2 aromatic carbocycles. The summed E-state index contributed by atoms with van der Waals surface area (Å²) in [5.41, 5.74) is 8.97. The van der Waals surface area contributed by atoms with Crippen molar-refractivity contribution in [3.63, 3.8) is 0 Å². The average Bonchev–Trinajstić information content (AvgIpc) is 2.47. The van der Waals surface area contributed by atoms with Crippen molar-refractivity contribution < 1.29 is 9.53 Å². The van der Waals surface area contributed by atoms with E-state index in [-0.39, 0.29) is 11.9 Å². The van der Waals surface area contributed by atoms with Gasteiger partial charge in [-0.3, -0.25) is 4.79 Å². The van der Waals surface area contributed by atoms with Gasteiger partial charge >= 0.3 is 0 Å². The molecule has 4 heteroatoms. The Morgan fingerprint density at radius 1 is 1.18 bits per heavy atom. The summed E-state index contributed by atoms with van der Waals surface area (Å²) in [6, 6.07) is 13.0. The van der Waals surface area contributed by atoms with Gasteiger partial charge in [-0.15, -0.1) is 0 Å². The van der Waals surface area contributed by atoms with Gasteiger partial charge in [0.05, 0.1) is 0 Å². The smallest absolute Gasteiger partial charge is 0.255 e. The number of para-hydroxylation sites is 1. The third kappa shape index (κ3) is 4.09. The number of aryl methyl sites for hydroxylation is 2. The topological polar surface area (TPSA) is 64.3 Å². The average molecular weight is 298 g/mol. The van der Waals surface area contributed by atoms with E-state index in [4.69, 9.17) is 10.5 Å². The maximum absolute atomic E-state index is 12.3. The normalized spacial score (nSPS) is 11.8. The molecular formula is C18H22N2O2. The summed E-state index contributed by atoms with van der Waals surface area (Å²) in [5.74, 6) is 0.671. The molecule has 116 valence electrons. The number of hydrogen-bond acceptors (Lipinski definition) is 3. The third-order valence-corrected chi connectivity index (χ3v) is 3.24. The SMILES string of the molecule is Cc1cc(C(=O)Nc2ccccc2)cc(C)c1OCC(C)N. The molecule has 0 spiro atoms. The van der Waals surface area contributed by atoms with Crippen molar-refractivity contribution in [2.24, 2.45) is 5.73 Å². The van der Waals surface area contributed by atoms with Gasteiger partial charge in [-0.2, -0.15) is 0 Å². The molecule has 0 aliphatic carbocycles. The van der Waals surface area contributed by atoms with Crippen LogP contribution in [0.4, 0.5) is 5.69 Å². The van der Waals surface area contributed by atoms with Gasteiger partial charge < -0.3 is 15.8 Å². The van der Waals surface area contributed by atoms with Crippen molar-refractivity contribution in [1.82, 2.24) is 0 Å². The third-order valence-electron chi connectivity index (χ3n) is 3.24. The van der Waals surface area contributed by atoms with Gasteiger partial charge in [-0.25, -0.2) is 0 Å². The molecule has 0 fully saturated rings. The highest BCUT2D eigenvalue weighted by Crippen LogP contribution is 2.25. The number of carbonyl (C=O) groups is 1. The van der Waals surface area contributed by atoms with Crippen LogP contribution in [0.25, 0.3) is 0 Å². The monoisotopic (exact) mass is 298 g/mol. The number of amides is 1. The minimum Gasteiger partial charge on any atom is -0.491 e. The summed E-state index contributed by atoms with van der Waals surface area (Å²) < 4.78 is 5.73. The molecule has 22 heavy (non-hydrogen) atoms. The number of benzene rings is 2. The van der Waals surface area contributed by atoms with Crippen molar-refractivity contribution in [2.75, 3.05) is 11.9 Å². The van der Waals surface area contributed by atoms with Crippen LogP contribution in [0.3, 0.4) is 0 Å². The molecule has 0 radical (unpaired) electrons. The summed E-state index contributed by atoms with van der Waals surface area (Å²) in [5, 5.41) is 2.88. The summed E-state index contributed by atoms with van der Waals surface area (Å²) in [7, 11) is 0. The molecule has 0 heterocycles. The molecule has 0 saturated heterocycles. The fourth-order valence-corrected chi connectivity index (χ4v) is 2.25. The van der Waals surface area contributed by atoms with E-state index in [0.29, 0.717) is 12.2 Å². The van der Waals surface area contributed by atoms with Crippen molar-refractivity contribution in [3.8, 4) is 5.75 Å². The highest BCUT2D eigenvalue weighted by Gasteiger charge is 2.12. The number of ether oxygens (including phenoxy) is 1. The first-order valence-electron chi connectivity index (χ1n) is 7.33. The number of nitrogens with one attached hydrogen (secondary N) is 1. The summed E-state index contributed by atoms with van der Waals surface area (Å²) in [6.45, 7) is 6.22. The van der Waals surface area contributed by atoms with Crippen LogP contribution in [0.2, 0.25) is 0 Å². The number of carbonyl (C=O) groups excluding carboxylic acids is 1. The lowest BCUT2D eigenvalue weighted by Gasteiger charge is -2.15. The van der Waals surface area contributed by atoms with Gasteiger partial charge in [-0.05, 0) is 56.2 Å². The van der Waals surface area contributed by atoms with E-state index in [1.165, 1.54) is 0 Å². The second-order valence-electron chi connectivity index (χ2n) is 5.55. The maximum Gasteiger partial charge on any atom is 0.255 e. The molecule has 1 unspecified atom stereocenters.